The average Bonchev–Trinajstić information content (AvgIpc) is 2.32. The quantitative estimate of drug-likeness (QED) is 0.901. The molecule has 4 nitrogen and oxygen atoms in total. The zero-order chi connectivity index (χ0) is 16.3. The lowest BCUT2D eigenvalue weighted by Crippen LogP contribution is -2.40. The molecule has 0 heterocycles. The predicted molar refractivity (Wildman–Crippen MR) is 72.4 cm³/mol. The Kier molecular flexibility index (Phi) is 5.22. The molecule has 3 N–H and O–H groups in total. The molecule has 0 unspecified atom stereocenters. The van der Waals surface area contributed by atoms with Gasteiger partial charge in [0.2, 0.25) is 0 Å². The number of nitrogens with two attached hydrogens (primary N) is 1. The Balaban J connectivity index is 2.78. The second-order valence-corrected chi connectivity index (χ2v) is 5.64. The smallest absolute Gasteiger partial charge is 0.416 e. The fourth-order valence-corrected chi connectivity index (χ4v) is 1.62. The highest BCUT2D eigenvalue weighted by molar-refractivity contribution is 5.68. The van der Waals surface area contributed by atoms with Crippen molar-refractivity contribution in [2.45, 2.75) is 45.6 Å². The van der Waals surface area contributed by atoms with E-state index in [9.17, 15) is 18.0 Å². The first-order valence-electron chi connectivity index (χ1n) is 6.37. The number of nitrogens with one attached hydrogen (secondary N) is 1. The van der Waals surface area contributed by atoms with Crippen molar-refractivity contribution in [1.82, 2.24) is 5.32 Å². The zero-order valence-corrected chi connectivity index (χ0v) is 12.2. The van der Waals surface area contributed by atoms with Gasteiger partial charge in [0.05, 0.1) is 5.56 Å². The number of halogens is 3. The fraction of sp³-hybridized carbons (Fsp3) is 0.500. The van der Waals surface area contributed by atoms with Gasteiger partial charge in [-0.1, -0.05) is 6.07 Å². The van der Waals surface area contributed by atoms with Crippen LogP contribution in [0.5, 0.6) is 0 Å². The topological polar surface area (TPSA) is 64.3 Å². The second-order valence-electron chi connectivity index (χ2n) is 5.64. The van der Waals surface area contributed by atoms with Crippen molar-refractivity contribution in [3.05, 3.63) is 34.9 Å². The maximum Gasteiger partial charge on any atom is 0.416 e. The summed E-state index contributed by atoms with van der Waals surface area (Å²) in [5.74, 6) is 0. The highest BCUT2D eigenvalue weighted by Gasteiger charge is 2.30. The molecule has 0 bridgehead atoms. The highest BCUT2D eigenvalue weighted by Crippen LogP contribution is 2.30. The minimum absolute atomic E-state index is 0.0660. The Morgan fingerprint density at radius 1 is 1.24 bits per heavy atom. The van der Waals surface area contributed by atoms with Crippen LogP contribution in [0.4, 0.5) is 18.0 Å². The number of hydrogen-bond acceptors (Lipinski definition) is 3. The van der Waals surface area contributed by atoms with Crippen molar-refractivity contribution in [3.63, 3.8) is 0 Å². The lowest BCUT2D eigenvalue weighted by atomic mass is 10.0. The number of hydrogen-bond donors (Lipinski definition) is 2. The van der Waals surface area contributed by atoms with Gasteiger partial charge < -0.3 is 15.8 Å². The van der Waals surface area contributed by atoms with Crippen LogP contribution in [0, 0.1) is 0 Å². The first-order chi connectivity index (χ1) is 9.53. The summed E-state index contributed by atoms with van der Waals surface area (Å²) in [5, 5.41) is 2.59. The maximum atomic E-state index is 12.6. The second kappa shape index (κ2) is 6.34. The molecule has 0 spiro atoms. The molecule has 0 aromatic heterocycles. The molecule has 0 aliphatic carbocycles. The van der Waals surface area contributed by atoms with Gasteiger partial charge in [-0.25, -0.2) is 4.79 Å². The number of carbonyl (C=O) groups is 1. The van der Waals surface area contributed by atoms with Gasteiger partial charge in [-0.3, -0.25) is 0 Å². The van der Waals surface area contributed by atoms with E-state index in [0.717, 1.165) is 12.1 Å². The van der Waals surface area contributed by atoms with Gasteiger partial charge >= 0.3 is 12.3 Å². The Morgan fingerprint density at radius 3 is 2.33 bits per heavy atom. The number of amides is 1. The lowest BCUT2D eigenvalue weighted by Gasteiger charge is -2.20. The summed E-state index contributed by atoms with van der Waals surface area (Å²) >= 11 is 0. The van der Waals surface area contributed by atoms with Crippen molar-refractivity contribution >= 4 is 6.09 Å². The van der Waals surface area contributed by atoms with Crippen molar-refractivity contribution in [2.24, 2.45) is 5.73 Å². The van der Waals surface area contributed by atoms with Crippen molar-refractivity contribution < 1.29 is 22.7 Å². The van der Waals surface area contributed by atoms with Crippen LogP contribution in [0.2, 0.25) is 0 Å². The Hall–Kier alpha value is -1.76. The van der Waals surface area contributed by atoms with Gasteiger partial charge in [0.25, 0.3) is 0 Å². The zero-order valence-electron chi connectivity index (χ0n) is 12.2. The molecular weight excluding hydrogens is 285 g/mol. The molecule has 0 saturated heterocycles. The summed E-state index contributed by atoms with van der Waals surface area (Å²) in [6, 6.07) is 3.19. The summed E-state index contributed by atoms with van der Waals surface area (Å²) in [6.07, 6.45) is -5.06. The van der Waals surface area contributed by atoms with Crippen LogP contribution >= 0.6 is 0 Å². The van der Waals surface area contributed by atoms with Crippen LogP contribution in [0.15, 0.2) is 18.2 Å². The third-order valence-electron chi connectivity index (χ3n) is 2.59. The van der Waals surface area contributed by atoms with E-state index in [4.69, 9.17) is 10.5 Å². The SMILES string of the molecule is CC(C)(C)NC(=O)OCc1ccc(C(F)(F)F)cc1CN. The maximum absolute atomic E-state index is 12.6. The number of carbonyl (C=O) groups excluding carboxylic acids is 1. The molecule has 0 aliphatic rings. The minimum atomic E-state index is -4.42. The van der Waals surface area contributed by atoms with Crippen molar-refractivity contribution in [3.8, 4) is 0 Å². The van der Waals surface area contributed by atoms with Gasteiger partial charge in [-0.2, -0.15) is 13.2 Å². The van der Waals surface area contributed by atoms with E-state index in [2.05, 4.69) is 5.32 Å². The molecule has 1 amide bonds. The number of alkyl carbamates (subject to hydrolysis) is 1. The summed E-state index contributed by atoms with van der Waals surface area (Å²) < 4.78 is 42.8. The molecule has 0 saturated carbocycles. The van der Waals surface area contributed by atoms with Gasteiger partial charge in [-0.05, 0) is 44.0 Å². The summed E-state index contributed by atoms with van der Waals surface area (Å²) in [6.45, 7) is 5.17. The minimum Gasteiger partial charge on any atom is -0.445 e. The number of ether oxygens (including phenoxy) is 1. The van der Waals surface area contributed by atoms with Crippen molar-refractivity contribution in [1.29, 1.82) is 0 Å². The van der Waals surface area contributed by atoms with Gasteiger partial charge in [0.15, 0.2) is 0 Å². The van der Waals surface area contributed by atoms with Crippen LogP contribution < -0.4 is 11.1 Å². The highest BCUT2D eigenvalue weighted by atomic mass is 19.4. The average molecular weight is 304 g/mol. The Morgan fingerprint density at radius 2 is 1.86 bits per heavy atom. The molecule has 1 aromatic carbocycles. The fourth-order valence-electron chi connectivity index (χ4n) is 1.62. The monoisotopic (exact) mass is 304 g/mol. The molecule has 1 rings (SSSR count). The molecule has 1 aromatic rings. The van der Waals surface area contributed by atoms with Gasteiger partial charge in [-0.15, -0.1) is 0 Å². The van der Waals surface area contributed by atoms with E-state index < -0.39 is 23.4 Å². The van der Waals surface area contributed by atoms with Crippen LogP contribution in [-0.4, -0.2) is 11.6 Å². The molecule has 0 fully saturated rings. The lowest BCUT2D eigenvalue weighted by molar-refractivity contribution is -0.137. The van der Waals surface area contributed by atoms with Crippen LogP contribution in [-0.2, 0) is 24.1 Å². The molecule has 0 aliphatic heterocycles. The van der Waals surface area contributed by atoms with Crippen LogP contribution in [0.3, 0.4) is 0 Å². The van der Waals surface area contributed by atoms with E-state index >= 15 is 0 Å². The number of alkyl halides is 3. The van der Waals surface area contributed by atoms with Gasteiger partial charge in [0.1, 0.15) is 6.61 Å². The molecule has 21 heavy (non-hydrogen) atoms. The molecule has 118 valence electrons. The van der Waals surface area contributed by atoms with Crippen LogP contribution in [0.25, 0.3) is 0 Å². The Bertz CT molecular complexity index is 508. The largest absolute Gasteiger partial charge is 0.445 e. The molecular formula is C14H19F3N2O2. The summed E-state index contributed by atoms with van der Waals surface area (Å²) in [7, 11) is 0. The molecule has 7 heteroatoms. The van der Waals surface area contributed by atoms with E-state index in [0.29, 0.717) is 11.1 Å². The standard InChI is InChI=1S/C14H19F3N2O2/c1-13(2,3)19-12(20)21-8-9-4-5-11(14(15,16)17)6-10(9)7-18/h4-6H,7-8,18H2,1-3H3,(H,19,20). The summed E-state index contributed by atoms with van der Waals surface area (Å²) in [4.78, 5) is 11.5. The number of rotatable bonds is 3. The van der Waals surface area contributed by atoms with Crippen LogP contribution in [0.1, 0.15) is 37.5 Å². The molecule has 0 atom stereocenters. The normalized spacial score (nSPS) is 12.1. The third-order valence-corrected chi connectivity index (χ3v) is 2.59. The van der Waals surface area contributed by atoms with E-state index in [1.54, 1.807) is 20.8 Å². The third kappa shape index (κ3) is 5.63. The van der Waals surface area contributed by atoms with E-state index in [1.807, 2.05) is 0 Å². The Labute approximate surface area is 121 Å². The van der Waals surface area contributed by atoms with Gasteiger partial charge in [0, 0.05) is 12.1 Å². The predicted octanol–water partition coefficient (Wildman–Crippen LogP) is 3.19. The summed E-state index contributed by atoms with van der Waals surface area (Å²) in [5.41, 5.74) is 4.98. The first kappa shape index (κ1) is 17.3. The first-order valence-corrected chi connectivity index (χ1v) is 6.37. The van der Waals surface area contributed by atoms with E-state index in [1.165, 1.54) is 6.07 Å². The van der Waals surface area contributed by atoms with E-state index in [-0.39, 0.29) is 13.2 Å². The van der Waals surface area contributed by atoms with Crippen molar-refractivity contribution in [2.75, 3.05) is 0 Å². The molecule has 0 radical (unpaired) electrons. The number of benzene rings is 1.